The molecule has 0 fully saturated rings. The number of hydrogen-bond acceptors (Lipinski definition) is 1. The topological polar surface area (TPSA) is 9.23 Å². The van der Waals surface area contributed by atoms with Crippen LogP contribution in [-0.2, 0) is 4.74 Å². The van der Waals surface area contributed by atoms with Crippen LogP contribution in [0, 0.1) is 29.6 Å². The van der Waals surface area contributed by atoms with Gasteiger partial charge in [-0.2, -0.15) is 0 Å². The van der Waals surface area contributed by atoms with E-state index in [4.69, 9.17) is 4.74 Å². The quantitative estimate of drug-likeness (QED) is 0.279. The highest BCUT2D eigenvalue weighted by Gasteiger charge is 2.32. The number of allylic oxidation sites excluding steroid dienone is 12. The third-order valence-electron chi connectivity index (χ3n) is 8.45. The van der Waals surface area contributed by atoms with Crippen molar-refractivity contribution in [2.75, 3.05) is 7.11 Å². The molecule has 34 heavy (non-hydrogen) atoms. The molecule has 0 radical (unpaired) electrons. The van der Waals surface area contributed by atoms with Gasteiger partial charge < -0.3 is 4.74 Å². The normalized spacial score (nSPS) is 28.9. The van der Waals surface area contributed by atoms with Gasteiger partial charge in [-0.1, -0.05) is 98.1 Å². The summed E-state index contributed by atoms with van der Waals surface area (Å²) in [4.78, 5) is 0. The highest BCUT2D eigenvalue weighted by atomic mass is 16.5. The molecule has 3 rings (SSSR count). The lowest BCUT2D eigenvalue weighted by Gasteiger charge is -2.36. The summed E-state index contributed by atoms with van der Waals surface area (Å²) in [6.45, 7) is 13.8. The SMILES string of the molecule is C=C(CCC1C(OC)=CC(C2C=CC(C)=CC2)CC1=C(C)CCCC(C)CC)C1C=CC=CC1. The van der Waals surface area contributed by atoms with Crippen molar-refractivity contribution >= 4 is 0 Å². The van der Waals surface area contributed by atoms with Crippen LogP contribution in [0.5, 0.6) is 0 Å². The maximum absolute atomic E-state index is 6.10. The molecule has 0 saturated heterocycles. The standard InChI is InChI=1S/C33H48O/c1-7-24(2)12-11-13-27(5)32-22-30(29-19-16-25(3)17-20-29)23-33(34-6)31(32)21-18-26(4)28-14-9-8-10-15-28/h8-10,14,16-17,19,23-24,28-31H,4,7,11-13,15,18,20-22H2,1-3,5-6H3. The fourth-order valence-corrected chi connectivity index (χ4v) is 5.77. The Balaban J connectivity index is 1.79. The molecular weight excluding hydrogens is 412 g/mol. The van der Waals surface area contributed by atoms with Gasteiger partial charge in [0.2, 0.25) is 0 Å². The lowest BCUT2D eigenvalue weighted by Crippen LogP contribution is -2.24. The van der Waals surface area contributed by atoms with Gasteiger partial charge in [0, 0.05) is 11.8 Å². The first kappa shape index (κ1) is 26.6. The molecule has 0 aromatic rings. The predicted molar refractivity (Wildman–Crippen MR) is 148 cm³/mol. The van der Waals surface area contributed by atoms with Crippen LogP contribution in [0.2, 0.25) is 0 Å². The van der Waals surface area contributed by atoms with Crippen molar-refractivity contribution in [3.63, 3.8) is 0 Å². The van der Waals surface area contributed by atoms with Crippen LogP contribution in [0.1, 0.15) is 85.5 Å². The Labute approximate surface area is 210 Å². The summed E-state index contributed by atoms with van der Waals surface area (Å²) in [6, 6.07) is 0. The van der Waals surface area contributed by atoms with E-state index in [1.807, 2.05) is 7.11 Å². The number of ether oxygens (including phenoxy) is 1. The number of methoxy groups -OCH3 is 1. The molecular formula is C33H48O. The van der Waals surface area contributed by atoms with Crippen LogP contribution in [0.25, 0.3) is 0 Å². The summed E-state index contributed by atoms with van der Waals surface area (Å²) in [5.74, 6) is 4.01. The van der Waals surface area contributed by atoms with Crippen LogP contribution >= 0.6 is 0 Å². The Morgan fingerprint density at radius 3 is 2.62 bits per heavy atom. The van der Waals surface area contributed by atoms with Gasteiger partial charge >= 0.3 is 0 Å². The average molecular weight is 461 g/mol. The minimum Gasteiger partial charge on any atom is -0.501 e. The second-order valence-electron chi connectivity index (χ2n) is 11.0. The van der Waals surface area contributed by atoms with E-state index in [0.29, 0.717) is 23.7 Å². The molecule has 1 nitrogen and oxygen atoms in total. The van der Waals surface area contributed by atoms with E-state index in [-0.39, 0.29) is 0 Å². The summed E-state index contributed by atoms with van der Waals surface area (Å²) in [6.07, 6.45) is 29.2. The third kappa shape index (κ3) is 7.24. The molecule has 0 bridgehead atoms. The highest BCUT2D eigenvalue weighted by molar-refractivity contribution is 5.32. The van der Waals surface area contributed by atoms with Gasteiger partial charge in [-0.25, -0.2) is 0 Å². The molecule has 0 amide bonds. The lowest BCUT2D eigenvalue weighted by atomic mass is 9.71. The van der Waals surface area contributed by atoms with Crippen molar-refractivity contribution in [1.29, 1.82) is 0 Å². The van der Waals surface area contributed by atoms with E-state index >= 15 is 0 Å². The van der Waals surface area contributed by atoms with Gasteiger partial charge in [-0.05, 0) is 82.6 Å². The van der Waals surface area contributed by atoms with E-state index in [0.717, 1.165) is 31.6 Å². The zero-order valence-electron chi connectivity index (χ0n) is 22.5. The molecule has 3 aliphatic carbocycles. The van der Waals surface area contributed by atoms with E-state index in [1.54, 1.807) is 11.1 Å². The first-order chi connectivity index (χ1) is 16.4. The lowest BCUT2D eigenvalue weighted by molar-refractivity contribution is 0.225. The summed E-state index contributed by atoms with van der Waals surface area (Å²) >= 11 is 0. The van der Waals surface area contributed by atoms with Crippen molar-refractivity contribution in [3.05, 3.63) is 83.2 Å². The molecule has 0 N–H and O–H groups in total. The van der Waals surface area contributed by atoms with E-state index in [9.17, 15) is 0 Å². The monoisotopic (exact) mass is 460 g/mol. The zero-order valence-corrected chi connectivity index (χ0v) is 22.5. The van der Waals surface area contributed by atoms with Gasteiger partial charge in [-0.15, -0.1) is 0 Å². The fraction of sp³-hybridized carbons (Fsp3) is 0.576. The summed E-state index contributed by atoms with van der Waals surface area (Å²) < 4.78 is 6.10. The first-order valence-corrected chi connectivity index (χ1v) is 13.7. The molecule has 0 heterocycles. The molecule has 5 atom stereocenters. The van der Waals surface area contributed by atoms with Crippen LogP contribution in [0.15, 0.2) is 83.2 Å². The van der Waals surface area contributed by atoms with E-state index < -0.39 is 0 Å². The zero-order chi connectivity index (χ0) is 24.5. The van der Waals surface area contributed by atoms with Gasteiger partial charge in [0.15, 0.2) is 0 Å². The molecule has 0 aromatic carbocycles. The number of rotatable bonds is 11. The minimum absolute atomic E-state index is 0.398. The maximum Gasteiger partial charge on any atom is 0.0990 e. The Morgan fingerprint density at radius 1 is 1.15 bits per heavy atom. The Bertz CT molecular complexity index is 874. The van der Waals surface area contributed by atoms with Crippen molar-refractivity contribution in [2.45, 2.75) is 85.5 Å². The van der Waals surface area contributed by atoms with Crippen LogP contribution in [-0.4, -0.2) is 7.11 Å². The Morgan fingerprint density at radius 2 is 1.97 bits per heavy atom. The van der Waals surface area contributed by atoms with Crippen LogP contribution in [0.3, 0.4) is 0 Å². The Hall–Kier alpha value is -2.02. The third-order valence-corrected chi connectivity index (χ3v) is 8.45. The summed E-state index contributed by atoms with van der Waals surface area (Å²) in [7, 11) is 1.88. The second-order valence-corrected chi connectivity index (χ2v) is 11.0. The fourth-order valence-electron chi connectivity index (χ4n) is 5.77. The average Bonchev–Trinajstić information content (AvgIpc) is 2.87. The molecule has 0 saturated carbocycles. The van der Waals surface area contributed by atoms with Gasteiger partial charge in [-0.3, -0.25) is 0 Å². The molecule has 1 heteroatoms. The summed E-state index contributed by atoms with van der Waals surface area (Å²) in [5, 5.41) is 0. The predicted octanol–water partition coefficient (Wildman–Crippen LogP) is 9.68. The molecule has 5 unspecified atom stereocenters. The Kier molecular flexibility index (Phi) is 10.3. The number of hydrogen-bond donors (Lipinski definition) is 0. The molecule has 0 aliphatic heterocycles. The smallest absolute Gasteiger partial charge is 0.0990 e. The van der Waals surface area contributed by atoms with Gasteiger partial charge in [0.25, 0.3) is 0 Å². The minimum atomic E-state index is 0.398. The molecule has 3 aliphatic rings. The van der Waals surface area contributed by atoms with Gasteiger partial charge in [0.1, 0.15) is 0 Å². The first-order valence-electron chi connectivity index (χ1n) is 13.7. The van der Waals surface area contributed by atoms with E-state index in [1.165, 1.54) is 49.0 Å². The highest BCUT2D eigenvalue weighted by Crippen LogP contribution is 2.44. The van der Waals surface area contributed by atoms with Gasteiger partial charge in [0.05, 0.1) is 12.9 Å². The molecule has 0 aromatic heterocycles. The maximum atomic E-state index is 6.10. The van der Waals surface area contributed by atoms with Crippen molar-refractivity contribution < 1.29 is 4.74 Å². The largest absolute Gasteiger partial charge is 0.501 e. The van der Waals surface area contributed by atoms with Crippen LogP contribution in [0.4, 0.5) is 0 Å². The molecule has 0 spiro atoms. The summed E-state index contributed by atoms with van der Waals surface area (Å²) in [5.41, 5.74) is 6.02. The second kappa shape index (κ2) is 13.2. The van der Waals surface area contributed by atoms with Crippen molar-refractivity contribution in [1.82, 2.24) is 0 Å². The molecule has 186 valence electrons. The van der Waals surface area contributed by atoms with Crippen molar-refractivity contribution in [3.8, 4) is 0 Å². The van der Waals surface area contributed by atoms with Crippen LogP contribution < -0.4 is 0 Å². The van der Waals surface area contributed by atoms with E-state index in [2.05, 4.69) is 82.9 Å². The van der Waals surface area contributed by atoms with Crippen molar-refractivity contribution in [2.24, 2.45) is 29.6 Å².